The monoisotopic (exact) mass is 262 g/mol. The topological polar surface area (TPSA) is 84.6 Å². The second-order valence-corrected chi connectivity index (χ2v) is 2.41. The van der Waals surface area contributed by atoms with Crippen LogP contribution < -0.4 is 11.2 Å². The van der Waals surface area contributed by atoms with E-state index in [0.29, 0.717) is 5.69 Å². The summed E-state index contributed by atoms with van der Waals surface area (Å²) in [6, 6.07) is 6.09. The number of phenols is 1. The normalized spacial score (nSPS) is 8.93. The number of anilines is 1. The zero-order chi connectivity index (χ0) is 9.68. The molecule has 0 heterocycles. The summed E-state index contributed by atoms with van der Waals surface area (Å²) in [4.78, 5) is 15.1. The molecule has 5 nitrogen and oxygen atoms in total. The summed E-state index contributed by atoms with van der Waals surface area (Å²) in [5, 5.41) is 11.5. The molecule has 1 aromatic carbocycles. The highest BCUT2D eigenvalue weighted by atomic mass is 79.9. The van der Waals surface area contributed by atoms with E-state index in [1.165, 1.54) is 12.1 Å². The first-order valence-electron chi connectivity index (χ1n) is 3.63. The van der Waals surface area contributed by atoms with Crippen molar-refractivity contribution >= 4 is 28.6 Å². The third kappa shape index (κ3) is 4.22. The van der Waals surface area contributed by atoms with Gasteiger partial charge in [0.25, 0.3) is 5.91 Å². The number of nitrogens with two attached hydrogens (primary N) is 1. The SMILES string of the molecule is Br.NOCC(=O)Nc1ccc(O)cc1. The summed E-state index contributed by atoms with van der Waals surface area (Å²) < 4.78 is 0. The summed E-state index contributed by atoms with van der Waals surface area (Å²) in [7, 11) is 0. The first-order chi connectivity index (χ1) is 6.22. The summed E-state index contributed by atoms with van der Waals surface area (Å²) >= 11 is 0. The molecule has 0 spiro atoms. The molecule has 1 amide bonds. The van der Waals surface area contributed by atoms with E-state index in [1.807, 2.05) is 0 Å². The number of hydrogen-bond donors (Lipinski definition) is 3. The predicted octanol–water partition coefficient (Wildman–Crippen LogP) is 0.799. The van der Waals surface area contributed by atoms with E-state index >= 15 is 0 Å². The van der Waals surface area contributed by atoms with E-state index in [9.17, 15) is 4.79 Å². The molecular formula is C8H11BrN2O3. The number of aromatic hydroxyl groups is 1. The average molecular weight is 263 g/mol. The molecule has 14 heavy (non-hydrogen) atoms. The maximum atomic E-state index is 10.9. The van der Waals surface area contributed by atoms with Crippen molar-refractivity contribution in [2.24, 2.45) is 5.90 Å². The Hall–Kier alpha value is -1.11. The molecule has 0 aliphatic heterocycles. The molecule has 0 aliphatic carbocycles. The Morgan fingerprint density at radius 1 is 1.43 bits per heavy atom. The van der Waals surface area contributed by atoms with Gasteiger partial charge in [-0.3, -0.25) is 9.63 Å². The van der Waals surface area contributed by atoms with Gasteiger partial charge in [0, 0.05) is 5.69 Å². The molecule has 1 rings (SSSR count). The van der Waals surface area contributed by atoms with Crippen LogP contribution in [0.25, 0.3) is 0 Å². The fourth-order valence-electron chi connectivity index (χ4n) is 0.818. The molecule has 4 N–H and O–H groups in total. The number of benzene rings is 1. The van der Waals surface area contributed by atoms with Crippen molar-refractivity contribution < 1.29 is 14.7 Å². The maximum Gasteiger partial charge on any atom is 0.252 e. The van der Waals surface area contributed by atoms with Gasteiger partial charge in [-0.1, -0.05) is 0 Å². The Balaban J connectivity index is 0.00000169. The Labute approximate surface area is 91.6 Å². The third-order valence-corrected chi connectivity index (χ3v) is 1.37. The van der Waals surface area contributed by atoms with Crippen molar-refractivity contribution in [3.05, 3.63) is 24.3 Å². The third-order valence-electron chi connectivity index (χ3n) is 1.37. The number of nitrogens with one attached hydrogen (secondary N) is 1. The molecule has 0 atom stereocenters. The van der Waals surface area contributed by atoms with Gasteiger partial charge in [-0.2, -0.15) is 0 Å². The van der Waals surface area contributed by atoms with Crippen molar-refractivity contribution in [2.45, 2.75) is 0 Å². The smallest absolute Gasteiger partial charge is 0.252 e. The lowest BCUT2D eigenvalue weighted by Crippen LogP contribution is -2.20. The van der Waals surface area contributed by atoms with Gasteiger partial charge < -0.3 is 10.4 Å². The molecule has 0 bridgehead atoms. The van der Waals surface area contributed by atoms with Crippen LogP contribution in [0.15, 0.2) is 24.3 Å². The van der Waals surface area contributed by atoms with E-state index in [-0.39, 0.29) is 35.2 Å². The first kappa shape index (κ1) is 12.9. The molecule has 0 saturated carbocycles. The molecule has 0 fully saturated rings. The van der Waals surface area contributed by atoms with Crippen LogP contribution in [0, 0.1) is 0 Å². The molecule has 78 valence electrons. The van der Waals surface area contributed by atoms with Crippen LogP contribution in [0.2, 0.25) is 0 Å². The Morgan fingerprint density at radius 2 is 2.00 bits per heavy atom. The van der Waals surface area contributed by atoms with Crippen LogP contribution in [-0.2, 0) is 9.63 Å². The zero-order valence-corrected chi connectivity index (χ0v) is 8.98. The quantitative estimate of drug-likeness (QED) is 0.556. The minimum Gasteiger partial charge on any atom is -0.508 e. The summed E-state index contributed by atoms with van der Waals surface area (Å²) in [6.07, 6.45) is 0. The van der Waals surface area contributed by atoms with Crippen molar-refractivity contribution in [3.8, 4) is 5.75 Å². The minimum absolute atomic E-state index is 0. The molecule has 0 aromatic heterocycles. The van der Waals surface area contributed by atoms with Gasteiger partial charge in [0.05, 0.1) is 0 Å². The lowest BCUT2D eigenvalue weighted by Gasteiger charge is -2.03. The predicted molar refractivity (Wildman–Crippen MR) is 57.2 cm³/mol. The van der Waals surface area contributed by atoms with Crippen molar-refractivity contribution in [2.75, 3.05) is 11.9 Å². The van der Waals surface area contributed by atoms with Crippen LogP contribution in [0.5, 0.6) is 5.75 Å². The first-order valence-corrected chi connectivity index (χ1v) is 3.63. The van der Waals surface area contributed by atoms with Crippen LogP contribution in [0.4, 0.5) is 5.69 Å². The van der Waals surface area contributed by atoms with Crippen LogP contribution in [0.1, 0.15) is 0 Å². The standard InChI is InChI=1S/C8H10N2O3.BrH/c9-13-5-8(12)10-6-1-3-7(11)4-2-6;/h1-4,11H,5,9H2,(H,10,12);1H. The van der Waals surface area contributed by atoms with Crippen LogP contribution in [0.3, 0.4) is 0 Å². The number of carbonyl (C=O) groups is 1. The lowest BCUT2D eigenvalue weighted by atomic mass is 10.3. The van der Waals surface area contributed by atoms with E-state index < -0.39 is 0 Å². The number of phenolic OH excluding ortho intramolecular Hbond substituents is 1. The Morgan fingerprint density at radius 3 is 2.50 bits per heavy atom. The molecule has 0 aliphatic rings. The highest BCUT2D eigenvalue weighted by Gasteiger charge is 2.00. The van der Waals surface area contributed by atoms with Gasteiger partial charge in [-0.25, -0.2) is 5.90 Å². The molecule has 0 radical (unpaired) electrons. The molecule has 6 heteroatoms. The van der Waals surface area contributed by atoms with Gasteiger partial charge in [-0.05, 0) is 24.3 Å². The summed E-state index contributed by atoms with van der Waals surface area (Å²) in [5.41, 5.74) is 0.583. The van der Waals surface area contributed by atoms with Crippen LogP contribution in [-0.4, -0.2) is 17.6 Å². The highest BCUT2D eigenvalue weighted by Crippen LogP contribution is 2.13. The van der Waals surface area contributed by atoms with Gasteiger partial charge in [0.2, 0.25) is 0 Å². The second-order valence-electron chi connectivity index (χ2n) is 2.41. The van der Waals surface area contributed by atoms with Crippen LogP contribution >= 0.6 is 17.0 Å². The van der Waals surface area contributed by atoms with Crippen molar-refractivity contribution in [1.82, 2.24) is 0 Å². The minimum atomic E-state index is -0.340. The number of carbonyl (C=O) groups excluding carboxylic acids is 1. The molecule has 0 unspecified atom stereocenters. The van der Waals surface area contributed by atoms with Crippen molar-refractivity contribution in [1.29, 1.82) is 0 Å². The summed E-state index contributed by atoms with van der Waals surface area (Å²) in [6.45, 7) is -0.194. The average Bonchev–Trinajstić information content (AvgIpc) is 2.09. The second kappa shape index (κ2) is 6.36. The van der Waals surface area contributed by atoms with E-state index in [4.69, 9.17) is 11.0 Å². The van der Waals surface area contributed by atoms with Gasteiger partial charge in [0.1, 0.15) is 12.4 Å². The Bertz CT molecular complexity index is 289. The summed E-state index contributed by atoms with van der Waals surface area (Å²) in [5.74, 6) is 4.51. The maximum absolute atomic E-state index is 10.9. The van der Waals surface area contributed by atoms with Gasteiger partial charge in [-0.15, -0.1) is 17.0 Å². The van der Waals surface area contributed by atoms with E-state index in [0.717, 1.165) is 0 Å². The lowest BCUT2D eigenvalue weighted by molar-refractivity contribution is -0.120. The number of rotatable bonds is 3. The fourth-order valence-corrected chi connectivity index (χ4v) is 0.818. The number of halogens is 1. The Kier molecular flexibility index (Phi) is 5.86. The number of hydrogen-bond acceptors (Lipinski definition) is 4. The fraction of sp³-hybridized carbons (Fsp3) is 0.125. The number of amides is 1. The van der Waals surface area contributed by atoms with E-state index in [1.54, 1.807) is 12.1 Å². The van der Waals surface area contributed by atoms with E-state index in [2.05, 4.69) is 10.2 Å². The largest absolute Gasteiger partial charge is 0.508 e. The van der Waals surface area contributed by atoms with Gasteiger partial charge >= 0.3 is 0 Å². The molecule has 1 aromatic rings. The molecule has 0 saturated heterocycles. The van der Waals surface area contributed by atoms with Gasteiger partial charge in [0.15, 0.2) is 0 Å². The van der Waals surface area contributed by atoms with Crippen molar-refractivity contribution in [3.63, 3.8) is 0 Å². The molecular weight excluding hydrogens is 252 g/mol. The zero-order valence-electron chi connectivity index (χ0n) is 7.27. The highest BCUT2D eigenvalue weighted by molar-refractivity contribution is 8.93.